The number of carbonyl (C=O) groups is 1. The topological polar surface area (TPSA) is 94.4 Å². The predicted molar refractivity (Wildman–Crippen MR) is 138 cm³/mol. The summed E-state index contributed by atoms with van der Waals surface area (Å²) in [6, 6.07) is 11.7. The summed E-state index contributed by atoms with van der Waals surface area (Å²) in [7, 11) is 0. The van der Waals surface area contributed by atoms with Crippen molar-refractivity contribution >= 4 is 45.3 Å². The van der Waals surface area contributed by atoms with E-state index in [9.17, 15) is 4.79 Å². The van der Waals surface area contributed by atoms with Crippen LogP contribution in [0.1, 0.15) is 17.3 Å². The number of anilines is 1. The maximum Gasteiger partial charge on any atom is 0.255 e. The second-order valence-electron chi connectivity index (χ2n) is 8.09. The number of thioether (sulfide) groups is 1. The summed E-state index contributed by atoms with van der Waals surface area (Å²) in [5.74, 6) is 1.30. The molecule has 35 heavy (non-hydrogen) atoms. The number of rotatable bonds is 8. The lowest BCUT2D eigenvalue weighted by molar-refractivity contribution is 0.0950. The van der Waals surface area contributed by atoms with Crippen molar-refractivity contribution in [2.24, 2.45) is 0 Å². The Hall–Kier alpha value is -3.37. The van der Waals surface area contributed by atoms with Gasteiger partial charge in [0.25, 0.3) is 5.91 Å². The van der Waals surface area contributed by atoms with Crippen LogP contribution < -0.4 is 15.0 Å². The number of aromatic nitrogens is 4. The van der Waals surface area contributed by atoms with Crippen LogP contribution in [0.25, 0.3) is 21.8 Å². The molecule has 0 aliphatic carbocycles. The quantitative estimate of drug-likeness (QED) is 0.296. The summed E-state index contributed by atoms with van der Waals surface area (Å²) >= 11 is 1.50. The van der Waals surface area contributed by atoms with Crippen molar-refractivity contribution in [1.29, 1.82) is 0 Å². The number of morpholine rings is 1. The lowest BCUT2D eigenvalue weighted by Gasteiger charge is -2.28. The third kappa shape index (κ3) is 4.76. The highest BCUT2D eigenvalue weighted by Crippen LogP contribution is 2.29. The van der Waals surface area contributed by atoms with E-state index in [2.05, 4.69) is 15.3 Å². The number of amides is 1. The first-order valence-electron chi connectivity index (χ1n) is 11.7. The van der Waals surface area contributed by atoms with Crippen LogP contribution in [-0.2, 0) is 11.3 Å². The van der Waals surface area contributed by atoms with Gasteiger partial charge in [0.05, 0.1) is 43.5 Å². The molecular formula is C25H28N6O3S. The van der Waals surface area contributed by atoms with Crippen LogP contribution in [-0.4, -0.2) is 71.4 Å². The second kappa shape index (κ2) is 10.5. The molecule has 0 saturated carbocycles. The zero-order chi connectivity index (χ0) is 24.2. The highest BCUT2D eigenvalue weighted by Gasteiger charge is 2.21. The van der Waals surface area contributed by atoms with E-state index in [4.69, 9.17) is 19.4 Å². The molecule has 182 valence electrons. The van der Waals surface area contributed by atoms with Crippen LogP contribution in [0.5, 0.6) is 5.75 Å². The molecule has 1 saturated heterocycles. The Labute approximate surface area is 207 Å². The van der Waals surface area contributed by atoms with Gasteiger partial charge in [0, 0.05) is 19.6 Å². The average Bonchev–Trinajstić information content (AvgIpc) is 3.31. The second-order valence-corrected chi connectivity index (χ2v) is 8.86. The minimum atomic E-state index is -0.171. The molecule has 9 nitrogen and oxygen atoms in total. The molecule has 0 atom stereocenters. The molecule has 1 amide bonds. The molecule has 1 aliphatic rings. The van der Waals surface area contributed by atoms with Crippen LogP contribution >= 0.6 is 11.8 Å². The summed E-state index contributed by atoms with van der Waals surface area (Å²) in [4.78, 5) is 24.9. The first kappa shape index (κ1) is 23.4. The molecular weight excluding hydrogens is 464 g/mol. The third-order valence-corrected chi connectivity index (χ3v) is 6.52. The number of carbonyl (C=O) groups excluding carboxylic acids is 1. The lowest BCUT2D eigenvalue weighted by atomic mass is 10.0. The zero-order valence-electron chi connectivity index (χ0n) is 19.9. The maximum atomic E-state index is 13.2. The summed E-state index contributed by atoms with van der Waals surface area (Å²) < 4.78 is 13.1. The maximum absolute atomic E-state index is 13.2. The molecule has 2 aromatic heterocycles. The Balaban J connectivity index is 1.37. The van der Waals surface area contributed by atoms with Crippen molar-refractivity contribution in [3.63, 3.8) is 0 Å². The van der Waals surface area contributed by atoms with Gasteiger partial charge in [-0.15, -0.1) is 0 Å². The van der Waals surface area contributed by atoms with E-state index in [1.807, 2.05) is 60.5 Å². The van der Waals surface area contributed by atoms with Crippen LogP contribution in [0.15, 0.2) is 47.8 Å². The normalized spacial score (nSPS) is 13.9. The summed E-state index contributed by atoms with van der Waals surface area (Å²) in [6.45, 7) is 6.21. The van der Waals surface area contributed by atoms with Crippen LogP contribution in [0.4, 0.5) is 5.82 Å². The molecule has 0 unspecified atom stereocenters. The number of ether oxygens (including phenoxy) is 2. The van der Waals surface area contributed by atoms with E-state index in [0.717, 1.165) is 40.7 Å². The van der Waals surface area contributed by atoms with Crippen molar-refractivity contribution in [3.05, 3.63) is 48.2 Å². The van der Waals surface area contributed by atoms with E-state index in [-0.39, 0.29) is 5.91 Å². The highest BCUT2D eigenvalue weighted by atomic mass is 32.2. The van der Waals surface area contributed by atoms with Gasteiger partial charge in [-0.3, -0.25) is 4.79 Å². The van der Waals surface area contributed by atoms with Gasteiger partial charge in [0.1, 0.15) is 11.6 Å². The van der Waals surface area contributed by atoms with Crippen molar-refractivity contribution < 1.29 is 14.3 Å². The molecule has 1 aliphatic heterocycles. The molecule has 3 heterocycles. The molecule has 1 N–H and O–H groups in total. The molecule has 2 aromatic carbocycles. The van der Waals surface area contributed by atoms with Crippen molar-refractivity contribution in [3.8, 4) is 5.75 Å². The number of hydrogen-bond acceptors (Lipinski definition) is 8. The minimum Gasteiger partial charge on any atom is -0.493 e. The summed E-state index contributed by atoms with van der Waals surface area (Å²) in [5, 5.41) is 11.1. The van der Waals surface area contributed by atoms with Gasteiger partial charge in [-0.25, -0.2) is 14.6 Å². The van der Waals surface area contributed by atoms with E-state index in [1.54, 1.807) is 0 Å². The number of hydrogen-bond donors (Lipinski definition) is 1. The fourth-order valence-corrected chi connectivity index (χ4v) is 4.67. The Kier molecular flexibility index (Phi) is 7.01. The first-order valence-corrected chi connectivity index (χ1v) is 12.9. The van der Waals surface area contributed by atoms with Crippen molar-refractivity contribution in [2.75, 3.05) is 50.6 Å². The lowest BCUT2D eigenvalue weighted by Crippen LogP contribution is -2.37. The average molecular weight is 493 g/mol. The van der Waals surface area contributed by atoms with E-state index >= 15 is 0 Å². The van der Waals surface area contributed by atoms with Crippen LogP contribution in [0.2, 0.25) is 0 Å². The Morgan fingerprint density at radius 2 is 1.97 bits per heavy atom. The summed E-state index contributed by atoms with van der Waals surface area (Å²) in [5.41, 5.74) is 1.32. The molecule has 0 spiro atoms. The first-order chi connectivity index (χ1) is 17.2. The van der Waals surface area contributed by atoms with Gasteiger partial charge >= 0.3 is 0 Å². The molecule has 0 radical (unpaired) electrons. The molecule has 1 fully saturated rings. The number of fused-ring (bicyclic) bond motifs is 2. The monoisotopic (exact) mass is 492 g/mol. The fraction of sp³-hybridized carbons (Fsp3) is 0.360. The molecule has 0 bridgehead atoms. The van der Waals surface area contributed by atoms with Crippen LogP contribution in [0, 0.1) is 0 Å². The standard InChI is InChI=1S/C25H28N6O3S/c1-3-34-20-9-8-17-6-4-5-7-18(17)21(20)24(32)26-10-11-31-23-19(16-27-31)22(28-25(29-23)35-2)30-12-14-33-15-13-30/h4-9,16H,3,10-15H2,1-2H3,(H,26,32). The Bertz CT molecular complexity index is 1350. The number of benzene rings is 2. The van der Waals surface area contributed by atoms with Crippen molar-refractivity contribution in [2.45, 2.75) is 18.6 Å². The largest absolute Gasteiger partial charge is 0.493 e. The highest BCUT2D eigenvalue weighted by molar-refractivity contribution is 7.98. The van der Waals surface area contributed by atoms with Gasteiger partial charge in [0.2, 0.25) is 0 Å². The van der Waals surface area contributed by atoms with E-state index in [1.165, 1.54) is 11.8 Å². The third-order valence-electron chi connectivity index (χ3n) is 5.98. The van der Waals surface area contributed by atoms with Gasteiger partial charge in [-0.05, 0) is 30.0 Å². The Morgan fingerprint density at radius 1 is 1.14 bits per heavy atom. The van der Waals surface area contributed by atoms with Crippen LogP contribution in [0.3, 0.4) is 0 Å². The number of nitrogens with zero attached hydrogens (tertiary/aromatic N) is 5. The van der Waals surface area contributed by atoms with Gasteiger partial charge in [-0.1, -0.05) is 42.1 Å². The van der Waals surface area contributed by atoms with E-state index in [0.29, 0.717) is 49.4 Å². The zero-order valence-corrected chi connectivity index (χ0v) is 20.7. The smallest absolute Gasteiger partial charge is 0.255 e. The predicted octanol–water partition coefficient (Wildman–Crippen LogP) is 3.37. The fourth-order valence-electron chi connectivity index (χ4n) is 4.32. The SMILES string of the molecule is CCOc1ccc2ccccc2c1C(=O)NCCn1ncc2c(N3CCOCC3)nc(SC)nc21. The van der Waals surface area contributed by atoms with Crippen molar-refractivity contribution in [1.82, 2.24) is 25.1 Å². The van der Waals surface area contributed by atoms with Gasteiger partial charge in [0.15, 0.2) is 10.8 Å². The summed E-state index contributed by atoms with van der Waals surface area (Å²) in [6.07, 6.45) is 3.77. The molecule has 5 rings (SSSR count). The van der Waals surface area contributed by atoms with Gasteiger partial charge < -0.3 is 19.7 Å². The Morgan fingerprint density at radius 3 is 2.77 bits per heavy atom. The van der Waals surface area contributed by atoms with Gasteiger partial charge in [-0.2, -0.15) is 5.10 Å². The number of nitrogens with one attached hydrogen (secondary N) is 1. The minimum absolute atomic E-state index is 0.171. The van der Waals surface area contributed by atoms with E-state index < -0.39 is 0 Å². The molecule has 4 aromatic rings. The molecule has 10 heteroatoms.